The van der Waals surface area contributed by atoms with Crippen LogP contribution in [0.3, 0.4) is 0 Å². The van der Waals surface area contributed by atoms with Crippen molar-refractivity contribution in [3.8, 4) is 0 Å². The first-order valence-corrected chi connectivity index (χ1v) is 11.3. The summed E-state index contributed by atoms with van der Waals surface area (Å²) < 4.78 is 0. The van der Waals surface area contributed by atoms with Crippen LogP contribution in [0, 0.1) is 47.3 Å². The minimum absolute atomic E-state index is 0.222. The van der Waals surface area contributed by atoms with Gasteiger partial charge >= 0.3 is 0 Å². The fraction of sp³-hybridized carbons (Fsp3) is 1.00. The summed E-state index contributed by atoms with van der Waals surface area (Å²) in [6.45, 7) is 9.10. The number of hydrogen-bond acceptors (Lipinski definition) is 3. The van der Waals surface area contributed by atoms with E-state index in [2.05, 4.69) is 27.7 Å². The summed E-state index contributed by atoms with van der Waals surface area (Å²) >= 11 is 0. The van der Waals surface area contributed by atoms with Gasteiger partial charge in [0.2, 0.25) is 0 Å². The molecule has 10 atom stereocenters. The summed E-state index contributed by atoms with van der Waals surface area (Å²) in [6, 6.07) is 0. The van der Waals surface area contributed by atoms with Gasteiger partial charge in [0, 0.05) is 0 Å². The summed E-state index contributed by atoms with van der Waals surface area (Å²) in [4.78, 5) is 0. The molecular formula is C23H42O3. The monoisotopic (exact) mass is 366 g/mol. The molecule has 0 saturated heterocycles. The zero-order chi connectivity index (χ0) is 19.0. The molecule has 3 nitrogen and oxygen atoms in total. The molecule has 3 fully saturated rings. The zero-order valence-corrected chi connectivity index (χ0v) is 17.3. The Kier molecular flexibility index (Phi) is 6.73. The lowest BCUT2D eigenvalue weighted by Crippen LogP contribution is -2.53. The van der Waals surface area contributed by atoms with Gasteiger partial charge < -0.3 is 15.3 Å². The molecule has 0 aliphatic heterocycles. The van der Waals surface area contributed by atoms with Crippen LogP contribution in [-0.2, 0) is 0 Å². The molecule has 152 valence electrons. The first-order valence-electron chi connectivity index (χ1n) is 11.3. The minimum Gasteiger partial charge on any atom is -0.393 e. The van der Waals surface area contributed by atoms with Crippen molar-refractivity contribution in [1.29, 1.82) is 0 Å². The maximum Gasteiger partial charge on any atom is 0.0576 e. The molecule has 0 radical (unpaired) electrons. The Hall–Kier alpha value is -0.120. The van der Waals surface area contributed by atoms with Crippen molar-refractivity contribution in [2.24, 2.45) is 47.3 Å². The van der Waals surface area contributed by atoms with Crippen LogP contribution in [0.2, 0.25) is 0 Å². The molecule has 0 aromatic carbocycles. The fourth-order valence-corrected chi connectivity index (χ4v) is 7.36. The van der Waals surface area contributed by atoms with Crippen LogP contribution in [-0.4, -0.2) is 33.6 Å². The highest BCUT2D eigenvalue weighted by Crippen LogP contribution is 2.52. The maximum absolute atomic E-state index is 11.1. The molecule has 0 spiro atoms. The molecule has 10 unspecified atom stereocenters. The van der Waals surface area contributed by atoms with Crippen molar-refractivity contribution in [2.45, 2.75) is 97.4 Å². The molecule has 3 rings (SSSR count). The molecule has 0 amide bonds. The van der Waals surface area contributed by atoms with Crippen LogP contribution in [0.25, 0.3) is 0 Å². The van der Waals surface area contributed by atoms with Crippen molar-refractivity contribution in [1.82, 2.24) is 0 Å². The van der Waals surface area contributed by atoms with Crippen molar-refractivity contribution < 1.29 is 15.3 Å². The van der Waals surface area contributed by atoms with E-state index in [0.29, 0.717) is 23.7 Å². The van der Waals surface area contributed by atoms with E-state index in [1.165, 1.54) is 6.42 Å². The SMILES string of the molecule is CC1CC(C)C(C(C2CCCCC2O)C2C(C)CC(C)CC2O)C(O)C1. The van der Waals surface area contributed by atoms with E-state index < -0.39 is 0 Å². The van der Waals surface area contributed by atoms with Crippen molar-refractivity contribution in [3.63, 3.8) is 0 Å². The van der Waals surface area contributed by atoms with Gasteiger partial charge in [0.1, 0.15) is 0 Å². The van der Waals surface area contributed by atoms with Gasteiger partial charge in [0.15, 0.2) is 0 Å². The number of rotatable bonds is 3. The van der Waals surface area contributed by atoms with Crippen LogP contribution in [0.15, 0.2) is 0 Å². The van der Waals surface area contributed by atoms with Gasteiger partial charge in [-0.25, -0.2) is 0 Å². The predicted molar refractivity (Wildman–Crippen MR) is 106 cm³/mol. The van der Waals surface area contributed by atoms with E-state index >= 15 is 0 Å². The predicted octanol–water partition coefficient (Wildman–Crippen LogP) is 4.24. The summed E-state index contributed by atoms with van der Waals surface area (Å²) in [5.74, 6) is 3.01. The van der Waals surface area contributed by atoms with E-state index in [-0.39, 0.29) is 42.0 Å². The molecular weight excluding hydrogens is 324 g/mol. The van der Waals surface area contributed by atoms with Crippen molar-refractivity contribution in [3.05, 3.63) is 0 Å². The largest absolute Gasteiger partial charge is 0.393 e. The molecule has 3 N–H and O–H groups in total. The quantitative estimate of drug-likeness (QED) is 0.700. The third kappa shape index (κ3) is 4.15. The Balaban J connectivity index is 1.93. The van der Waals surface area contributed by atoms with Gasteiger partial charge in [-0.15, -0.1) is 0 Å². The molecule has 0 aromatic heterocycles. The van der Waals surface area contributed by atoms with Gasteiger partial charge in [0.05, 0.1) is 18.3 Å². The van der Waals surface area contributed by atoms with E-state index in [1.807, 2.05) is 0 Å². The number of aliphatic hydroxyl groups is 3. The molecule has 3 saturated carbocycles. The lowest BCUT2D eigenvalue weighted by atomic mass is 9.54. The second kappa shape index (κ2) is 8.49. The first-order chi connectivity index (χ1) is 12.3. The summed E-state index contributed by atoms with van der Waals surface area (Å²) in [5.41, 5.74) is 0. The summed E-state index contributed by atoms with van der Waals surface area (Å²) in [5, 5.41) is 33.1. The maximum atomic E-state index is 11.1. The Labute approximate surface area is 160 Å². The Bertz CT molecular complexity index is 399. The van der Waals surface area contributed by atoms with Gasteiger partial charge in [-0.05, 0) is 85.9 Å². The summed E-state index contributed by atoms with van der Waals surface area (Å²) in [6.07, 6.45) is 7.49. The van der Waals surface area contributed by atoms with Crippen LogP contribution >= 0.6 is 0 Å². The van der Waals surface area contributed by atoms with Gasteiger partial charge in [0.25, 0.3) is 0 Å². The zero-order valence-electron chi connectivity index (χ0n) is 17.3. The van der Waals surface area contributed by atoms with Gasteiger partial charge in [-0.2, -0.15) is 0 Å². The van der Waals surface area contributed by atoms with Gasteiger partial charge in [-0.1, -0.05) is 40.5 Å². The minimum atomic E-state index is -0.286. The lowest BCUT2D eigenvalue weighted by Gasteiger charge is -2.53. The second-order valence-corrected chi connectivity index (χ2v) is 10.5. The van der Waals surface area contributed by atoms with Crippen LogP contribution in [0.4, 0.5) is 0 Å². The third-order valence-electron chi connectivity index (χ3n) is 8.20. The topological polar surface area (TPSA) is 60.7 Å². The van der Waals surface area contributed by atoms with Crippen LogP contribution in [0.1, 0.15) is 79.1 Å². The Morgan fingerprint density at radius 1 is 0.615 bits per heavy atom. The highest BCUT2D eigenvalue weighted by Gasteiger charge is 2.50. The van der Waals surface area contributed by atoms with Crippen molar-refractivity contribution in [2.75, 3.05) is 0 Å². The highest BCUT2D eigenvalue weighted by molar-refractivity contribution is 4.99. The molecule has 26 heavy (non-hydrogen) atoms. The molecule has 0 bridgehead atoms. The second-order valence-electron chi connectivity index (χ2n) is 10.5. The first kappa shape index (κ1) is 20.6. The molecule has 0 heterocycles. The Morgan fingerprint density at radius 2 is 1.08 bits per heavy atom. The highest BCUT2D eigenvalue weighted by atomic mass is 16.3. The average Bonchev–Trinajstić information content (AvgIpc) is 2.52. The normalized spacial score (nSPS) is 51.8. The number of aliphatic hydroxyl groups excluding tert-OH is 3. The molecule has 0 aromatic rings. The average molecular weight is 367 g/mol. The number of hydrogen-bond donors (Lipinski definition) is 3. The van der Waals surface area contributed by atoms with Crippen molar-refractivity contribution >= 4 is 0 Å². The van der Waals surface area contributed by atoms with E-state index in [4.69, 9.17) is 0 Å². The van der Waals surface area contributed by atoms with Crippen LogP contribution in [0.5, 0.6) is 0 Å². The van der Waals surface area contributed by atoms with Gasteiger partial charge in [-0.3, -0.25) is 0 Å². The fourth-order valence-electron chi connectivity index (χ4n) is 7.36. The third-order valence-corrected chi connectivity index (χ3v) is 8.20. The molecule has 3 aliphatic rings. The van der Waals surface area contributed by atoms with E-state index in [0.717, 1.165) is 44.9 Å². The standard InChI is InChI=1S/C23H42O3/c1-13-9-15(3)21(19(25)11-13)23(17-7-5-6-8-18(17)24)22-16(4)10-14(2)12-20(22)26/h13-26H,5-12H2,1-4H3. The lowest BCUT2D eigenvalue weighted by molar-refractivity contribution is -0.125. The van der Waals surface area contributed by atoms with E-state index in [1.54, 1.807) is 0 Å². The summed E-state index contributed by atoms with van der Waals surface area (Å²) in [7, 11) is 0. The molecule has 3 heteroatoms. The Morgan fingerprint density at radius 3 is 1.50 bits per heavy atom. The smallest absolute Gasteiger partial charge is 0.0576 e. The molecule has 3 aliphatic carbocycles. The van der Waals surface area contributed by atoms with Crippen LogP contribution < -0.4 is 0 Å². The van der Waals surface area contributed by atoms with E-state index in [9.17, 15) is 15.3 Å².